The summed E-state index contributed by atoms with van der Waals surface area (Å²) in [6.45, 7) is 7.80. The number of pyridine rings is 2. The molecule has 3 heterocycles. The van der Waals surface area contributed by atoms with Crippen LogP contribution in [0.5, 0.6) is 11.5 Å². The lowest BCUT2D eigenvalue weighted by molar-refractivity contribution is 0.0535. The predicted molar refractivity (Wildman–Crippen MR) is 256 cm³/mol. The van der Waals surface area contributed by atoms with Gasteiger partial charge in [0.05, 0.1) is 35.5 Å². The van der Waals surface area contributed by atoms with Gasteiger partial charge in [0.25, 0.3) is 17.7 Å². The number of ether oxygens (including phenoxy) is 1. The third-order valence-electron chi connectivity index (χ3n) is 12.1. The van der Waals surface area contributed by atoms with Crippen molar-refractivity contribution in [3.05, 3.63) is 170 Å². The molecule has 0 bridgehead atoms. The number of aromatic nitrogens is 2. The number of β-amino-alcohol motifs (C(OH)–C–C–N with tert-alkyl or cyclic N) is 1. The second-order valence-electron chi connectivity index (χ2n) is 17.5. The van der Waals surface area contributed by atoms with Crippen LogP contribution in [-0.4, -0.2) is 93.1 Å². The molecular weight excluding hydrogens is 835 g/mol. The number of amides is 3. The van der Waals surface area contributed by atoms with Crippen molar-refractivity contribution in [1.82, 2.24) is 25.1 Å². The molecule has 66 heavy (non-hydrogen) atoms. The van der Waals surface area contributed by atoms with Crippen molar-refractivity contribution in [2.45, 2.75) is 45.3 Å². The van der Waals surface area contributed by atoms with Gasteiger partial charge in [0, 0.05) is 84.2 Å². The van der Waals surface area contributed by atoms with Gasteiger partial charge in [0.15, 0.2) is 0 Å². The van der Waals surface area contributed by atoms with Crippen LogP contribution in [0.2, 0.25) is 0 Å². The van der Waals surface area contributed by atoms with Gasteiger partial charge in [-0.25, -0.2) is 0 Å². The number of rotatable bonds is 14. The van der Waals surface area contributed by atoms with E-state index in [9.17, 15) is 29.4 Å². The fraction of sp³-hybridized carbons (Fsp3) is 0.250. The molecule has 14 heteroatoms. The van der Waals surface area contributed by atoms with Crippen molar-refractivity contribution in [3.63, 3.8) is 0 Å². The minimum absolute atomic E-state index is 0.0687. The summed E-state index contributed by atoms with van der Waals surface area (Å²) in [4.78, 5) is 62.9. The quantitative estimate of drug-likeness (QED) is 0.0676. The van der Waals surface area contributed by atoms with Gasteiger partial charge in [-0.15, -0.1) is 0 Å². The Kier molecular flexibility index (Phi) is 12.9. The molecule has 1 fully saturated rings. The molecule has 1 aliphatic rings. The van der Waals surface area contributed by atoms with Gasteiger partial charge in [-0.2, -0.15) is 0 Å². The van der Waals surface area contributed by atoms with E-state index in [1.165, 1.54) is 18.3 Å². The number of phenols is 1. The normalized spacial score (nSPS) is 13.5. The van der Waals surface area contributed by atoms with Crippen molar-refractivity contribution in [2.75, 3.05) is 45.2 Å². The molecule has 0 unspecified atom stereocenters. The van der Waals surface area contributed by atoms with Crippen molar-refractivity contribution < 1.29 is 29.3 Å². The van der Waals surface area contributed by atoms with Crippen LogP contribution >= 0.6 is 0 Å². The van der Waals surface area contributed by atoms with E-state index in [0.717, 1.165) is 38.8 Å². The molecule has 7 N–H and O–H groups in total. The number of carbonyl (C=O) groups excluding carboxylic acids is 3. The number of aromatic hydroxyl groups is 1. The van der Waals surface area contributed by atoms with Crippen LogP contribution < -0.4 is 26.7 Å². The molecule has 338 valence electrons. The van der Waals surface area contributed by atoms with Crippen molar-refractivity contribution in [2.24, 2.45) is 5.73 Å². The first-order valence-electron chi connectivity index (χ1n) is 21.8. The highest BCUT2D eigenvalue weighted by molar-refractivity contribution is 6.08. The van der Waals surface area contributed by atoms with Crippen LogP contribution in [0.3, 0.4) is 0 Å². The molecule has 1 aliphatic heterocycles. The Hall–Kier alpha value is -7.55. The van der Waals surface area contributed by atoms with Crippen LogP contribution in [0, 0.1) is 6.92 Å². The summed E-state index contributed by atoms with van der Waals surface area (Å²) >= 11 is 0. The molecule has 0 saturated carbocycles. The van der Waals surface area contributed by atoms with E-state index in [-0.39, 0.29) is 40.7 Å². The molecule has 0 spiro atoms. The molecule has 5 aromatic carbocycles. The average molecular weight is 888 g/mol. The van der Waals surface area contributed by atoms with Gasteiger partial charge in [0.2, 0.25) is 5.56 Å². The summed E-state index contributed by atoms with van der Waals surface area (Å²) in [5.41, 5.74) is 13.0. The third kappa shape index (κ3) is 9.89. The van der Waals surface area contributed by atoms with Crippen LogP contribution in [-0.2, 0) is 12.8 Å². The van der Waals surface area contributed by atoms with Crippen molar-refractivity contribution in [3.8, 4) is 11.5 Å². The van der Waals surface area contributed by atoms with Crippen LogP contribution in [0.25, 0.3) is 21.8 Å². The number of nitrogens with two attached hydrogens (primary N) is 1. The number of phenolic OH excluding ortho intramolecular Hbond substituents is 1. The number of aliphatic hydroxyl groups is 1. The van der Waals surface area contributed by atoms with E-state index >= 15 is 0 Å². The number of methoxy groups -OCH3 is 1. The maximum Gasteiger partial charge on any atom is 0.253 e. The molecule has 8 rings (SSSR count). The number of anilines is 2. The standard InChI is InChI=1S/C52H53N7O7/c1-31-22-34(26-41-46(31)54-29-42(49(53)63)47(41)56-37-12-7-13-38(27-37)66-4)23-32-8-5-10-35(24-32)50(64)58-18-20-59(21-19-58)51(65)36-11-6-9-33(25-36)28-52(2,3)55-30-44(61)39-14-16-43(60)48-40(39)15-17-45(62)57-48/h5-17,22,24-27,29,44,55,60-61H,18-21,23,28,30H2,1-4H3,(H2,53,63)(H,54,56)(H,57,62)/t44-/m0/s1. The van der Waals surface area contributed by atoms with E-state index in [2.05, 4.69) is 26.7 Å². The fourth-order valence-corrected chi connectivity index (χ4v) is 8.77. The van der Waals surface area contributed by atoms with Crippen LogP contribution in [0.4, 0.5) is 11.4 Å². The number of hydrogen-bond acceptors (Lipinski definition) is 10. The topological polar surface area (TPSA) is 203 Å². The molecule has 1 atom stereocenters. The number of aryl methyl sites for hydroxylation is 1. The Morgan fingerprint density at radius 1 is 0.833 bits per heavy atom. The van der Waals surface area contributed by atoms with Gasteiger partial charge >= 0.3 is 0 Å². The summed E-state index contributed by atoms with van der Waals surface area (Å²) in [5.74, 6) is -0.218. The first-order valence-corrected chi connectivity index (χ1v) is 21.8. The van der Waals surface area contributed by atoms with E-state index in [4.69, 9.17) is 10.5 Å². The molecule has 0 aliphatic carbocycles. The minimum atomic E-state index is -0.914. The number of aliphatic hydroxyl groups excluding tert-OH is 1. The summed E-state index contributed by atoms with van der Waals surface area (Å²) in [6.07, 6.45) is 1.68. The van der Waals surface area contributed by atoms with Gasteiger partial charge in [-0.1, -0.05) is 42.5 Å². The highest BCUT2D eigenvalue weighted by Crippen LogP contribution is 2.34. The number of fused-ring (bicyclic) bond motifs is 2. The Morgan fingerprint density at radius 2 is 1.50 bits per heavy atom. The fourth-order valence-electron chi connectivity index (χ4n) is 8.77. The zero-order valence-electron chi connectivity index (χ0n) is 37.4. The first kappa shape index (κ1) is 45.0. The number of piperazine rings is 1. The first-order chi connectivity index (χ1) is 31.7. The minimum Gasteiger partial charge on any atom is -0.506 e. The van der Waals surface area contributed by atoms with Crippen LogP contribution in [0.1, 0.15) is 78.8 Å². The molecule has 7 aromatic rings. The number of aromatic amines is 1. The molecular formula is C52H53N7O7. The Labute approximate surface area is 382 Å². The lowest BCUT2D eigenvalue weighted by atomic mass is 9.93. The third-order valence-corrected chi connectivity index (χ3v) is 12.1. The predicted octanol–water partition coefficient (Wildman–Crippen LogP) is 6.77. The average Bonchev–Trinajstić information content (AvgIpc) is 3.31. The number of nitrogens with one attached hydrogen (secondary N) is 3. The number of H-pyrrole nitrogens is 1. The van der Waals surface area contributed by atoms with E-state index in [0.29, 0.717) is 72.5 Å². The molecule has 1 saturated heterocycles. The zero-order chi connectivity index (χ0) is 46.7. The second kappa shape index (κ2) is 18.9. The van der Waals surface area contributed by atoms with Crippen LogP contribution in [0.15, 0.2) is 120 Å². The smallest absolute Gasteiger partial charge is 0.253 e. The SMILES string of the molecule is COc1cccc(Nc2c(C(N)=O)cnc3c(C)cc(Cc4cccc(C(=O)N5CCN(C(=O)c6cccc(CC(C)(C)NC[C@H](O)c7ccc(O)c8[nH]c(=O)ccc78)c6)CC5)c4)cc23)c1. The zero-order valence-corrected chi connectivity index (χ0v) is 37.4. The molecule has 14 nitrogen and oxygen atoms in total. The Balaban J connectivity index is 0.891. The van der Waals surface area contributed by atoms with Gasteiger partial charge in [-0.05, 0) is 116 Å². The molecule has 2 aromatic heterocycles. The number of benzene rings is 5. The van der Waals surface area contributed by atoms with Gasteiger partial charge in [0.1, 0.15) is 11.5 Å². The molecule has 3 amide bonds. The number of nitrogens with zero attached hydrogens (tertiary/aromatic N) is 3. The summed E-state index contributed by atoms with van der Waals surface area (Å²) in [6, 6.07) is 32.7. The Bertz CT molecular complexity index is 3050. The van der Waals surface area contributed by atoms with Crippen molar-refractivity contribution in [1.29, 1.82) is 0 Å². The monoisotopic (exact) mass is 887 g/mol. The molecule has 0 radical (unpaired) electrons. The number of carbonyl (C=O) groups is 3. The lowest BCUT2D eigenvalue weighted by Crippen LogP contribution is -2.50. The largest absolute Gasteiger partial charge is 0.506 e. The van der Waals surface area contributed by atoms with E-state index in [1.54, 1.807) is 29.0 Å². The van der Waals surface area contributed by atoms with E-state index < -0.39 is 17.6 Å². The summed E-state index contributed by atoms with van der Waals surface area (Å²) in [7, 11) is 1.59. The maximum atomic E-state index is 13.9. The summed E-state index contributed by atoms with van der Waals surface area (Å²) in [5, 5.41) is 29.5. The number of hydrogen-bond donors (Lipinski definition) is 6. The Morgan fingerprint density at radius 3 is 2.18 bits per heavy atom. The lowest BCUT2D eigenvalue weighted by Gasteiger charge is -2.35. The second-order valence-corrected chi connectivity index (χ2v) is 17.5. The van der Waals surface area contributed by atoms with Gasteiger partial charge < -0.3 is 46.1 Å². The highest BCUT2D eigenvalue weighted by Gasteiger charge is 2.27. The number of primary amides is 1. The summed E-state index contributed by atoms with van der Waals surface area (Å²) < 4.78 is 5.40. The highest BCUT2D eigenvalue weighted by atomic mass is 16.5. The maximum absolute atomic E-state index is 13.9. The van der Waals surface area contributed by atoms with Gasteiger partial charge in [-0.3, -0.25) is 24.2 Å². The van der Waals surface area contributed by atoms with Crippen molar-refractivity contribution >= 4 is 50.9 Å². The van der Waals surface area contributed by atoms with E-state index in [1.807, 2.05) is 99.6 Å².